The maximum absolute atomic E-state index is 12.7. The Morgan fingerprint density at radius 1 is 1.33 bits per heavy atom. The average molecular weight is 296 g/mol. The Hall–Kier alpha value is -1.30. The Labute approximate surface area is 127 Å². The van der Waals surface area contributed by atoms with E-state index in [4.69, 9.17) is 10.9 Å². The van der Waals surface area contributed by atoms with Crippen molar-refractivity contribution in [1.29, 1.82) is 0 Å². The van der Waals surface area contributed by atoms with E-state index in [0.29, 0.717) is 5.91 Å². The van der Waals surface area contributed by atoms with Crippen LogP contribution in [0.1, 0.15) is 40.0 Å². The summed E-state index contributed by atoms with van der Waals surface area (Å²) in [7, 11) is 0. The van der Waals surface area contributed by atoms with Gasteiger partial charge in [-0.25, -0.2) is 0 Å². The first-order valence-electron chi connectivity index (χ1n) is 7.87. The molecule has 6 heteroatoms. The van der Waals surface area contributed by atoms with Gasteiger partial charge in [0, 0.05) is 32.1 Å². The molecule has 1 aliphatic carbocycles. The normalized spacial score (nSPS) is 28.6. The zero-order valence-corrected chi connectivity index (χ0v) is 13.4. The fourth-order valence-corrected chi connectivity index (χ4v) is 3.61. The minimum absolute atomic E-state index is 0.0878. The van der Waals surface area contributed by atoms with Gasteiger partial charge in [-0.1, -0.05) is 25.4 Å². The topological polar surface area (TPSA) is 82.2 Å². The van der Waals surface area contributed by atoms with Crippen molar-refractivity contribution in [2.45, 2.75) is 46.1 Å². The third-order valence-corrected chi connectivity index (χ3v) is 5.27. The predicted octanol–water partition coefficient (Wildman–Crippen LogP) is 1.09. The lowest BCUT2D eigenvalue weighted by Crippen LogP contribution is -2.55. The minimum atomic E-state index is -0.0878. The van der Waals surface area contributed by atoms with Crippen molar-refractivity contribution in [3.05, 3.63) is 0 Å². The maximum atomic E-state index is 12.7. The van der Waals surface area contributed by atoms with Crippen LogP contribution in [0, 0.1) is 11.3 Å². The molecular formula is C15H28N4O2. The molecule has 2 unspecified atom stereocenters. The van der Waals surface area contributed by atoms with Gasteiger partial charge in [0.05, 0.1) is 6.04 Å². The second-order valence-electron chi connectivity index (χ2n) is 7.00. The van der Waals surface area contributed by atoms with Crippen LogP contribution in [0.5, 0.6) is 0 Å². The van der Waals surface area contributed by atoms with Gasteiger partial charge in [0.2, 0.25) is 5.91 Å². The molecule has 1 heterocycles. The standard InChI is InChI=1S/C15H28N4O2/c1-11(13(16)17-21)18-7-9-19(10-8-18)14(20)12-5-4-6-15(12,2)3/h11-12,21H,4-10H2,1-3H3,(H2,16,17). The van der Waals surface area contributed by atoms with Crippen molar-refractivity contribution in [2.24, 2.45) is 22.2 Å². The van der Waals surface area contributed by atoms with Crippen LogP contribution in [-0.2, 0) is 4.79 Å². The van der Waals surface area contributed by atoms with E-state index >= 15 is 0 Å². The highest BCUT2D eigenvalue weighted by Crippen LogP contribution is 2.43. The molecule has 0 spiro atoms. The lowest BCUT2D eigenvalue weighted by atomic mass is 9.81. The third kappa shape index (κ3) is 3.31. The predicted molar refractivity (Wildman–Crippen MR) is 82.1 cm³/mol. The first kappa shape index (κ1) is 16.1. The monoisotopic (exact) mass is 296 g/mol. The van der Waals surface area contributed by atoms with Crippen LogP contribution in [0.4, 0.5) is 0 Å². The summed E-state index contributed by atoms with van der Waals surface area (Å²) in [5.41, 5.74) is 5.79. The van der Waals surface area contributed by atoms with Gasteiger partial charge >= 0.3 is 0 Å². The van der Waals surface area contributed by atoms with Crippen molar-refractivity contribution in [2.75, 3.05) is 26.2 Å². The fourth-order valence-electron chi connectivity index (χ4n) is 3.61. The van der Waals surface area contributed by atoms with E-state index in [1.807, 2.05) is 11.8 Å². The van der Waals surface area contributed by atoms with Crippen LogP contribution in [-0.4, -0.2) is 59.0 Å². The highest BCUT2D eigenvalue weighted by atomic mass is 16.4. The van der Waals surface area contributed by atoms with Crippen LogP contribution in [0.2, 0.25) is 0 Å². The first-order valence-corrected chi connectivity index (χ1v) is 7.87. The van der Waals surface area contributed by atoms with Crippen molar-refractivity contribution < 1.29 is 10.0 Å². The van der Waals surface area contributed by atoms with Crippen LogP contribution in [0.25, 0.3) is 0 Å². The molecule has 2 aliphatic rings. The summed E-state index contributed by atoms with van der Waals surface area (Å²) in [6.07, 6.45) is 3.32. The molecule has 0 radical (unpaired) electrons. The smallest absolute Gasteiger partial charge is 0.226 e. The number of amidine groups is 1. The Morgan fingerprint density at radius 2 is 1.95 bits per heavy atom. The molecule has 120 valence electrons. The molecule has 0 aromatic rings. The van der Waals surface area contributed by atoms with Crippen molar-refractivity contribution in [3.8, 4) is 0 Å². The summed E-state index contributed by atoms with van der Waals surface area (Å²) in [4.78, 5) is 16.8. The van der Waals surface area contributed by atoms with Gasteiger partial charge in [0.1, 0.15) is 0 Å². The number of carbonyl (C=O) groups is 1. The van der Waals surface area contributed by atoms with E-state index in [0.717, 1.165) is 45.4 Å². The van der Waals surface area contributed by atoms with E-state index in [9.17, 15) is 4.79 Å². The molecule has 3 N–H and O–H groups in total. The quantitative estimate of drug-likeness (QED) is 0.353. The highest BCUT2D eigenvalue weighted by molar-refractivity contribution is 5.85. The molecule has 0 bridgehead atoms. The molecule has 6 nitrogen and oxygen atoms in total. The summed E-state index contributed by atoms with van der Waals surface area (Å²) in [6, 6.07) is -0.0878. The van der Waals surface area contributed by atoms with Crippen molar-refractivity contribution >= 4 is 11.7 Å². The third-order valence-electron chi connectivity index (χ3n) is 5.27. The van der Waals surface area contributed by atoms with Gasteiger partial charge in [0.25, 0.3) is 0 Å². The second-order valence-corrected chi connectivity index (χ2v) is 7.00. The van der Waals surface area contributed by atoms with Gasteiger partial charge < -0.3 is 15.8 Å². The number of hydrogen-bond acceptors (Lipinski definition) is 4. The molecule has 2 rings (SSSR count). The number of amides is 1. The zero-order valence-electron chi connectivity index (χ0n) is 13.4. The molecule has 2 atom stereocenters. The number of piperazine rings is 1. The first-order chi connectivity index (χ1) is 9.86. The van der Waals surface area contributed by atoms with Gasteiger partial charge in [-0.2, -0.15) is 0 Å². The molecule has 1 saturated carbocycles. The van der Waals surface area contributed by atoms with Crippen LogP contribution >= 0.6 is 0 Å². The van der Waals surface area contributed by atoms with Crippen LogP contribution < -0.4 is 5.73 Å². The number of nitrogens with zero attached hydrogens (tertiary/aromatic N) is 3. The number of oxime groups is 1. The van der Waals surface area contributed by atoms with E-state index < -0.39 is 0 Å². The molecule has 21 heavy (non-hydrogen) atoms. The number of hydrogen-bond donors (Lipinski definition) is 2. The van der Waals surface area contributed by atoms with E-state index in [1.54, 1.807) is 0 Å². The molecule has 1 saturated heterocycles. The van der Waals surface area contributed by atoms with E-state index in [1.165, 1.54) is 0 Å². The summed E-state index contributed by atoms with van der Waals surface area (Å²) in [6.45, 7) is 9.35. The fraction of sp³-hybridized carbons (Fsp3) is 0.867. The Bertz CT molecular complexity index is 414. The lowest BCUT2D eigenvalue weighted by molar-refractivity contribution is -0.140. The molecule has 1 amide bonds. The SMILES string of the molecule is CC(C(N)=NO)N1CCN(C(=O)C2CCCC2(C)C)CC1. The largest absolute Gasteiger partial charge is 0.409 e. The lowest BCUT2D eigenvalue weighted by Gasteiger charge is -2.40. The molecule has 0 aromatic carbocycles. The highest BCUT2D eigenvalue weighted by Gasteiger charge is 2.41. The molecule has 0 aromatic heterocycles. The zero-order chi connectivity index (χ0) is 15.6. The Balaban J connectivity index is 1.91. The van der Waals surface area contributed by atoms with Gasteiger partial charge in [0.15, 0.2) is 5.84 Å². The molecular weight excluding hydrogens is 268 g/mol. The maximum Gasteiger partial charge on any atom is 0.226 e. The van der Waals surface area contributed by atoms with Gasteiger partial charge in [-0.3, -0.25) is 9.69 Å². The van der Waals surface area contributed by atoms with Crippen molar-refractivity contribution in [3.63, 3.8) is 0 Å². The Kier molecular flexibility index (Phi) is 4.76. The number of carbonyl (C=O) groups excluding carboxylic acids is 1. The van der Waals surface area contributed by atoms with E-state index in [2.05, 4.69) is 23.9 Å². The summed E-state index contributed by atoms with van der Waals surface area (Å²) in [5.74, 6) is 0.714. The van der Waals surface area contributed by atoms with Crippen LogP contribution in [0.15, 0.2) is 5.16 Å². The summed E-state index contributed by atoms with van der Waals surface area (Å²) in [5, 5.41) is 11.8. The second kappa shape index (κ2) is 6.22. The average Bonchev–Trinajstić information content (AvgIpc) is 2.84. The van der Waals surface area contributed by atoms with Gasteiger partial charge in [-0.05, 0) is 25.2 Å². The van der Waals surface area contributed by atoms with Crippen LogP contribution in [0.3, 0.4) is 0 Å². The van der Waals surface area contributed by atoms with Crippen molar-refractivity contribution in [1.82, 2.24) is 9.80 Å². The van der Waals surface area contributed by atoms with E-state index in [-0.39, 0.29) is 23.2 Å². The number of rotatable bonds is 3. The molecule has 1 aliphatic heterocycles. The number of nitrogens with two attached hydrogens (primary N) is 1. The summed E-state index contributed by atoms with van der Waals surface area (Å²) < 4.78 is 0. The summed E-state index contributed by atoms with van der Waals surface area (Å²) >= 11 is 0. The minimum Gasteiger partial charge on any atom is -0.409 e. The van der Waals surface area contributed by atoms with Gasteiger partial charge in [-0.15, -0.1) is 0 Å². The molecule has 2 fully saturated rings. The Morgan fingerprint density at radius 3 is 2.43 bits per heavy atom.